The van der Waals surface area contributed by atoms with Crippen molar-refractivity contribution in [2.75, 3.05) is 66.1 Å². The lowest BCUT2D eigenvalue weighted by molar-refractivity contribution is -0.387. The summed E-state index contributed by atoms with van der Waals surface area (Å²) >= 11 is 0. The number of hydrogen-bond acceptors (Lipinski definition) is 51. The summed E-state index contributed by atoms with van der Waals surface area (Å²) in [7, 11) is 0. The third-order valence-electron chi connectivity index (χ3n) is 22.9. The van der Waals surface area contributed by atoms with Gasteiger partial charge in [-0.3, -0.25) is 24.0 Å². The first kappa shape index (κ1) is 104. The number of aliphatic hydroxyl groups excluding tert-OH is 27. The number of carbonyl (C=O) groups is 5. The van der Waals surface area contributed by atoms with Gasteiger partial charge in [-0.2, -0.15) is 0 Å². The zero-order chi connectivity index (χ0) is 92.8. The highest BCUT2D eigenvalue weighted by atomic mass is 16.8. The molecule has 10 aliphatic rings. The largest absolute Gasteiger partial charge is 0.394 e. The van der Waals surface area contributed by atoms with Gasteiger partial charge in [-0.05, 0) is 0 Å². The molecular weight excluding hydrogens is 1730 g/mol. The average Bonchev–Trinajstić information content (AvgIpc) is 0.774. The smallest absolute Gasteiger partial charge is 0.217 e. The predicted octanol–water partition coefficient (Wildman–Crippen LogP) is -22.1. The van der Waals surface area contributed by atoms with E-state index in [-0.39, 0.29) is 0 Å². The SMILES string of the molecule is CC(=O)N[C@H]1[C@H](O[C@H]2[C@@H](O)[C@@H](CO)O[C@@H](OC[C@H]3OC(O)[C@H](NC(C)=O)[C@@H](O[C@@H]4O[C@H](CO)[C@H](O)[C@H](O[C@@H]5O[C@H](CO)[C@@H](O[C@@H]6O[C@H](CO[C@@H]7O[C@H](CO)[C@@H](O)[C@H](O)[C@H]7NC(C)=O)[C@H](O)[C@H](O[C@@H]7O[C@H](CO)[C@@H](O[C@@H]8O[C@H](CO)[C@H](O)[C@H](O)[C@H]8O)[C@H](O)[C@H]7NC(C)=O)[C@H]6O)[C@H](O)[C@H]5NC(C)=O)[C@H]4O)[C@H]3O)[C@@H]2O)O[C@H](CO)[C@@H](O[C@@H]2O[C@H](CO)[C@H](O)[C@H](O)[C@H]2O)[C@@H]1O. The number of carbonyl (C=O) groups excluding carboxylic acids is 5. The first-order valence-corrected chi connectivity index (χ1v) is 40.1. The van der Waals surface area contributed by atoms with E-state index >= 15 is 0 Å². The second-order valence-corrected chi connectivity index (χ2v) is 31.7. The van der Waals surface area contributed by atoms with Gasteiger partial charge in [-0.15, -0.1) is 0 Å². The molecule has 1 unspecified atom stereocenters. The molecule has 56 nitrogen and oxygen atoms in total. The van der Waals surface area contributed by atoms with E-state index in [0.717, 1.165) is 34.6 Å². The highest BCUT2D eigenvalue weighted by molar-refractivity contribution is 5.75. The molecule has 56 heteroatoms. The predicted molar refractivity (Wildman–Crippen MR) is 388 cm³/mol. The molecule has 0 bridgehead atoms. The van der Waals surface area contributed by atoms with Gasteiger partial charge in [0.05, 0.1) is 66.1 Å². The number of amides is 5. The molecule has 0 spiro atoms. The molecule has 0 radical (unpaired) electrons. The van der Waals surface area contributed by atoms with Crippen LogP contribution in [0.25, 0.3) is 0 Å². The molecule has 10 rings (SSSR count). The van der Waals surface area contributed by atoms with Crippen LogP contribution in [0.5, 0.6) is 0 Å². The van der Waals surface area contributed by atoms with Crippen LogP contribution >= 0.6 is 0 Å². The quantitative estimate of drug-likeness (QED) is 0.0290. The van der Waals surface area contributed by atoms with Crippen LogP contribution in [-0.4, -0.2) is 540 Å². The number of aliphatic hydroxyl groups is 27. The van der Waals surface area contributed by atoms with E-state index in [9.17, 15) is 162 Å². The van der Waals surface area contributed by atoms with E-state index in [1.54, 1.807) is 0 Å². The maximum atomic E-state index is 13.2. The van der Waals surface area contributed by atoms with Gasteiger partial charge in [-0.25, -0.2) is 0 Å². The summed E-state index contributed by atoms with van der Waals surface area (Å²) < 4.78 is 112. The second kappa shape index (κ2) is 45.5. The normalized spacial score (nSPS) is 48.4. The van der Waals surface area contributed by atoms with Gasteiger partial charge in [0.2, 0.25) is 29.5 Å². The van der Waals surface area contributed by atoms with E-state index in [1.165, 1.54) is 0 Å². The van der Waals surface area contributed by atoms with Gasteiger partial charge < -0.3 is 254 Å². The Kier molecular flexibility index (Phi) is 37.4. The van der Waals surface area contributed by atoms with Crippen LogP contribution in [0.1, 0.15) is 34.6 Å². The number of rotatable bonds is 33. The summed E-state index contributed by atoms with van der Waals surface area (Å²) in [6, 6.07) is -9.34. The van der Waals surface area contributed by atoms with Crippen molar-refractivity contribution in [3.05, 3.63) is 0 Å². The molecule has 10 heterocycles. The summed E-state index contributed by atoms with van der Waals surface area (Å²) in [6.07, 6.45) is -92.0. The molecule has 0 aliphatic carbocycles. The average molecular weight is 1840 g/mol. The highest BCUT2D eigenvalue weighted by Crippen LogP contribution is 2.40. The molecule has 5 amide bonds. The van der Waals surface area contributed by atoms with Crippen molar-refractivity contribution in [3.8, 4) is 0 Å². The summed E-state index contributed by atoms with van der Waals surface area (Å²) in [4.78, 5) is 64.1. The van der Waals surface area contributed by atoms with Gasteiger partial charge in [0.1, 0.15) is 244 Å². The molecule has 728 valence electrons. The maximum absolute atomic E-state index is 13.2. The van der Waals surface area contributed by atoms with Crippen molar-refractivity contribution in [3.63, 3.8) is 0 Å². The molecule has 126 heavy (non-hydrogen) atoms. The number of ether oxygens (including phenoxy) is 19. The van der Waals surface area contributed by atoms with Crippen LogP contribution < -0.4 is 26.6 Å². The third-order valence-corrected chi connectivity index (χ3v) is 22.9. The van der Waals surface area contributed by atoms with Crippen LogP contribution in [0.4, 0.5) is 0 Å². The van der Waals surface area contributed by atoms with Gasteiger partial charge in [-0.1, -0.05) is 0 Å². The van der Waals surface area contributed by atoms with E-state index < -0.39 is 402 Å². The zero-order valence-corrected chi connectivity index (χ0v) is 67.8. The molecule has 10 aliphatic heterocycles. The molecule has 10 saturated heterocycles. The second-order valence-electron chi connectivity index (χ2n) is 31.7. The Hall–Kier alpha value is -4.49. The van der Waals surface area contributed by atoms with Crippen molar-refractivity contribution in [1.29, 1.82) is 0 Å². The van der Waals surface area contributed by atoms with Crippen molar-refractivity contribution >= 4 is 29.5 Å². The van der Waals surface area contributed by atoms with Gasteiger partial charge in [0.15, 0.2) is 62.9 Å². The highest BCUT2D eigenvalue weighted by Gasteiger charge is 2.62. The minimum Gasteiger partial charge on any atom is -0.394 e. The Labute approximate surface area is 713 Å². The molecular formula is C70H117N5O51. The third kappa shape index (κ3) is 23.1. The Bertz CT molecular complexity index is 3440. The van der Waals surface area contributed by atoms with E-state index in [0.29, 0.717) is 0 Å². The van der Waals surface area contributed by atoms with E-state index in [4.69, 9.17) is 90.0 Å². The van der Waals surface area contributed by atoms with Crippen molar-refractivity contribution in [2.45, 2.75) is 341 Å². The topological polar surface area (TPSA) is 867 Å². The van der Waals surface area contributed by atoms with E-state index in [2.05, 4.69) is 26.6 Å². The summed E-state index contributed by atoms with van der Waals surface area (Å²) in [5.41, 5.74) is 0. The Morgan fingerprint density at radius 2 is 0.429 bits per heavy atom. The first-order valence-electron chi connectivity index (χ1n) is 40.1. The summed E-state index contributed by atoms with van der Waals surface area (Å²) in [5, 5.41) is 312. The van der Waals surface area contributed by atoms with Gasteiger partial charge in [0, 0.05) is 34.6 Å². The van der Waals surface area contributed by atoms with Crippen LogP contribution in [0, 0.1) is 0 Å². The fourth-order valence-corrected chi connectivity index (χ4v) is 16.3. The lowest BCUT2D eigenvalue weighted by atomic mass is 9.93. The van der Waals surface area contributed by atoms with Gasteiger partial charge in [0.25, 0.3) is 0 Å². The molecule has 0 saturated carbocycles. The molecule has 0 aromatic heterocycles. The number of hydrogen-bond donors (Lipinski definition) is 32. The van der Waals surface area contributed by atoms with Crippen LogP contribution in [0.2, 0.25) is 0 Å². The zero-order valence-electron chi connectivity index (χ0n) is 67.8. The van der Waals surface area contributed by atoms with Crippen LogP contribution in [0.3, 0.4) is 0 Å². The molecule has 0 aromatic rings. The fourth-order valence-electron chi connectivity index (χ4n) is 16.3. The lowest BCUT2D eigenvalue weighted by Gasteiger charge is -2.51. The van der Waals surface area contributed by atoms with Crippen molar-refractivity contribution < 1.29 is 252 Å². The molecule has 32 N–H and O–H groups in total. The monoisotopic (exact) mass is 1840 g/mol. The van der Waals surface area contributed by atoms with Crippen molar-refractivity contribution in [1.82, 2.24) is 26.6 Å². The fraction of sp³-hybridized carbons (Fsp3) is 0.929. The Balaban J connectivity index is 0.872. The lowest BCUT2D eigenvalue weighted by Crippen LogP contribution is -2.71. The standard InChI is InChI=1S/C70H117N5O51/c1-16(84)71-31-43(96)36(89)21(6-76)111-62(31)108-15-30-42(95)60(126-65-33(73-18(3)86)45(98)55(27(12-82)117-65)121-68-50(103)48(101)38(91)23(8-78)114-68)53(106)70(119-30)122-56-28(13-83)118-64(34(46(56)99)74-19(4)87)125-59-40(93)25(10-80)115-69(52(59)105)123-57-35(75-20(5)88)61(107)110-29(41(57)94)14-109-66-51(104)58(39(92)24(9-79)112-66)124-63-32(72-17(2)85)44(97)54(26(11-81)116-63)120-67-49(102)47(100)37(90)22(7-77)113-67/h21-70,76-83,89-107H,6-15H2,1-5H3,(H,71,84)(H,72,85)(H,73,86)(H,74,87)(H,75,88)/t21-,22-,23-,24-,25-,26-,27-,28-,29-,30-,31-,32-,33-,34-,35-,36-,37+,38+,39+,40+,41+,42+,43-,44-,45-,46-,47+,48+,49-,50-,51-,52-,53-,54-,55-,56-,57-,58+,59+,60+,61?,62-,63+,64+,65+,66-,67+,68+,69+,70+/m1/s1. The summed E-state index contributed by atoms with van der Waals surface area (Å²) in [6.45, 7) is -5.80. The molecule has 50 atom stereocenters. The summed E-state index contributed by atoms with van der Waals surface area (Å²) in [5.74, 6) is -4.59. The van der Waals surface area contributed by atoms with E-state index in [1.807, 2.05) is 0 Å². The minimum absolute atomic E-state index is 0.818. The first-order chi connectivity index (χ1) is 59.6. The van der Waals surface area contributed by atoms with Crippen molar-refractivity contribution in [2.24, 2.45) is 0 Å². The Morgan fingerprint density at radius 3 is 0.762 bits per heavy atom. The minimum atomic E-state index is -2.47. The Morgan fingerprint density at radius 1 is 0.206 bits per heavy atom. The molecule has 0 aromatic carbocycles. The van der Waals surface area contributed by atoms with Crippen LogP contribution in [0.15, 0.2) is 0 Å². The maximum Gasteiger partial charge on any atom is 0.217 e. The van der Waals surface area contributed by atoms with Crippen LogP contribution in [-0.2, 0) is 114 Å². The van der Waals surface area contributed by atoms with Gasteiger partial charge >= 0.3 is 0 Å². The number of nitrogens with one attached hydrogen (secondary N) is 5. The molecule has 10 fully saturated rings.